The van der Waals surface area contributed by atoms with Crippen LogP contribution >= 0.6 is 0 Å². The van der Waals surface area contributed by atoms with E-state index in [1.165, 1.54) is 12.8 Å². The van der Waals surface area contributed by atoms with Crippen molar-refractivity contribution in [3.05, 3.63) is 29.8 Å². The summed E-state index contributed by atoms with van der Waals surface area (Å²) in [5.74, 6) is 1.63. The number of rotatable bonds is 5. The molecule has 1 saturated carbocycles. The van der Waals surface area contributed by atoms with Crippen molar-refractivity contribution in [2.75, 3.05) is 13.2 Å². The monoisotopic (exact) mass is 345 g/mol. The maximum absolute atomic E-state index is 6.20. The molecule has 0 radical (unpaired) electrons. The van der Waals surface area contributed by atoms with Crippen LogP contribution in [0.5, 0.6) is 11.5 Å². The molecule has 1 atom stereocenters. The van der Waals surface area contributed by atoms with Crippen LogP contribution in [0.2, 0.25) is 0 Å². The molecule has 136 valence electrons. The Kier molecular flexibility index (Phi) is 4.61. The van der Waals surface area contributed by atoms with Gasteiger partial charge in [0, 0.05) is 18.6 Å². The van der Waals surface area contributed by atoms with E-state index in [1.54, 1.807) is 0 Å². The van der Waals surface area contributed by atoms with E-state index in [-0.39, 0.29) is 11.7 Å². The molecule has 1 spiro atoms. The summed E-state index contributed by atoms with van der Waals surface area (Å²) < 4.78 is 17.7. The number of benzene rings is 1. The maximum atomic E-state index is 6.20. The summed E-state index contributed by atoms with van der Waals surface area (Å²) in [7, 11) is 0. The number of hydroxylamine groups is 1. The Labute approximate surface area is 149 Å². The highest BCUT2D eigenvalue weighted by molar-refractivity contribution is 5.68. The van der Waals surface area contributed by atoms with E-state index in [4.69, 9.17) is 19.0 Å². The number of hydrogen-bond acceptors (Lipinski definition) is 5. The minimum Gasteiger partial charge on any atom is -0.487 e. The predicted molar refractivity (Wildman–Crippen MR) is 95.5 cm³/mol. The van der Waals surface area contributed by atoms with Gasteiger partial charge in [0.25, 0.3) is 0 Å². The van der Waals surface area contributed by atoms with E-state index in [0.717, 1.165) is 48.6 Å². The van der Waals surface area contributed by atoms with Gasteiger partial charge in [0.15, 0.2) is 11.5 Å². The van der Waals surface area contributed by atoms with Gasteiger partial charge in [0.2, 0.25) is 0 Å². The van der Waals surface area contributed by atoms with Crippen molar-refractivity contribution >= 4 is 5.70 Å². The normalized spacial score (nSPS) is 26.3. The summed E-state index contributed by atoms with van der Waals surface area (Å²) >= 11 is 0. The van der Waals surface area contributed by atoms with Crippen LogP contribution in [-0.4, -0.2) is 31.0 Å². The van der Waals surface area contributed by atoms with Crippen LogP contribution in [0.15, 0.2) is 24.3 Å². The van der Waals surface area contributed by atoms with Gasteiger partial charge in [-0.1, -0.05) is 0 Å². The largest absolute Gasteiger partial charge is 0.487 e. The quantitative estimate of drug-likeness (QED) is 0.879. The van der Waals surface area contributed by atoms with Crippen LogP contribution in [0.4, 0.5) is 0 Å². The highest BCUT2D eigenvalue weighted by atomic mass is 16.7. The molecule has 1 saturated heterocycles. The summed E-state index contributed by atoms with van der Waals surface area (Å²) in [6.45, 7) is 5.41. The molecule has 1 aromatic carbocycles. The predicted octanol–water partition coefficient (Wildman–Crippen LogP) is 3.83. The van der Waals surface area contributed by atoms with Crippen molar-refractivity contribution in [3.63, 3.8) is 0 Å². The van der Waals surface area contributed by atoms with Gasteiger partial charge in [-0.2, -0.15) is 0 Å². The van der Waals surface area contributed by atoms with Crippen LogP contribution in [-0.2, 0) is 9.57 Å². The highest BCUT2D eigenvalue weighted by Gasteiger charge is 2.39. The summed E-state index contributed by atoms with van der Waals surface area (Å²) in [6.07, 6.45) is 8.18. The van der Waals surface area contributed by atoms with Crippen LogP contribution in [0, 0.1) is 0 Å². The SMILES string of the molecule is CC(C)Oc1cc(C2=CC3(CCOC3)ON2)ccc1OC1CCCC1. The van der Waals surface area contributed by atoms with Crippen LogP contribution < -0.4 is 15.0 Å². The molecule has 1 unspecified atom stereocenters. The van der Waals surface area contributed by atoms with E-state index in [0.29, 0.717) is 12.7 Å². The second-order valence-electron chi connectivity index (χ2n) is 7.48. The van der Waals surface area contributed by atoms with E-state index in [9.17, 15) is 0 Å². The van der Waals surface area contributed by atoms with Crippen molar-refractivity contribution < 1.29 is 19.0 Å². The van der Waals surface area contributed by atoms with E-state index in [2.05, 4.69) is 17.6 Å². The van der Waals surface area contributed by atoms with E-state index in [1.807, 2.05) is 26.0 Å². The fraction of sp³-hybridized carbons (Fsp3) is 0.600. The van der Waals surface area contributed by atoms with Crippen LogP contribution in [0.3, 0.4) is 0 Å². The second kappa shape index (κ2) is 6.89. The molecular weight excluding hydrogens is 318 g/mol. The molecule has 1 aromatic rings. The number of ether oxygens (including phenoxy) is 3. The average Bonchev–Trinajstić information content (AvgIpc) is 3.33. The van der Waals surface area contributed by atoms with Gasteiger partial charge in [-0.15, -0.1) is 0 Å². The number of nitrogens with one attached hydrogen (secondary N) is 1. The Hall–Kier alpha value is -1.72. The third-order valence-electron chi connectivity index (χ3n) is 5.00. The molecule has 0 amide bonds. The molecule has 1 N–H and O–H groups in total. The number of hydrogen-bond donors (Lipinski definition) is 1. The summed E-state index contributed by atoms with van der Waals surface area (Å²) in [5.41, 5.74) is 4.74. The fourth-order valence-electron chi connectivity index (χ4n) is 3.68. The second-order valence-corrected chi connectivity index (χ2v) is 7.48. The molecule has 2 heterocycles. The molecule has 1 aliphatic carbocycles. The third kappa shape index (κ3) is 3.62. The molecule has 0 aromatic heterocycles. The van der Waals surface area contributed by atoms with Gasteiger partial charge in [0.05, 0.1) is 24.5 Å². The first-order chi connectivity index (χ1) is 12.1. The molecule has 0 bridgehead atoms. The lowest BCUT2D eigenvalue weighted by Gasteiger charge is -2.19. The molecule has 5 heteroatoms. The fourth-order valence-corrected chi connectivity index (χ4v) is 3.68. The average molecular weight is 345 g/mol. The topological polar surface area (TPSA) is 49.0 Å². The van der Waals surface area contributed by atoms with Gasteiger partial charge in [-0.25, -0.2) is 0 Å². The smallest absolute Gasteiger partial charge is 0.162 e. The summed E-state index contributed by atoms with van der Waals surface area (Å²) in [6, 6.07) is 6.12. The first-order valence-corrected chi connectivity index (χ1v) is 9.36. The minimum absolute atomic E-state index is 0.0949. The lowest BCUT2D eigenvalue weighted by atomic mass is 10.0. The van der Waals surface area contributed by atoms with Crippen molar-refractivity contribution in [2.45, 2.75) is 63.8 Å². The Bertz CT molecular complexity index is 643. The Morgan fingerprint density at radius 3 is 2.76 bits per heavy atom. The Morgan fingerprint density at radius 2 is 2.04 bits per heavy atom. The molecule has 5 nitrogen and oxygen atoms in total. The van der Waals surface area contributed by atoms with Gasteiger partial charge in [-0.3, -0.25) is 10.3 Å². The molecule has 3 aliphatic rings. The summed E-state index contributed by atoms with van der Waals surface area (Å²) in [5, 5.41) is 0. The van der Waals surface area contributed by atoms with Crippen LogP contribution in [0.1, 0.15) is 51.5 Å². The van der Waals surface area contributed by atoms with Gasteiger partial charge < -0.3 is 14.2 Å². The maximum Gasteiger partial charge on any atom is 0.162 e. The highest BCUT2D eigenvalue weighted by Crippen LogP contribution is 2.37. The van der Waals surface area contributed by atoms with Crippen molar-refractivity contribution in [3.8, 4) is 11.5 Å². The summed E-state index contributed by atoms with van der Waals surface area (Å²) in [4.78, 5) is 5.79. The zero-order chi connectivity index (χ0) is 17.3. The van der Waals surface area contributed by atoms with Crippen molar-refractivity contribution in [1.82, 2.24) is 5.48 Å². The Morgan fingerprint density at radius 1 is 1.20 bits per heavy atom. The van der Waals surface area contributed by atoms with Crippen molar-refractivity contribution in [2.24, 2.45) is 0 Å². The molecule has 25 heavy (non-hydrogen) atoms. The standard InChI is InChI=1S/C20H27NO4/c1-14(2)23-19-11-15(7-8-18(19)24-16-5-3-4-6-16)17-12-20(25-21-17)9-10-22-13-20/h7-8,11-12,14,16,21H,3-6,9-10,13H2,1-2H3. The van der Waals surface area contributed by atoms with E-state index >= 15 is 0 Å². The van der Waals surface area contributed by atoms with Gasteiger partial charge in [0.1, 0.15) is 5.60 Å². The van der Waals surface area contributed by atoms with Crippen LogP contribution in [0.25, 0.3) is 5.70 Å². The zero-order valence-corrected chi connectivity index (χ0v) is 15.0. The van der Waals surface area contributed by atoms with E-state index < -0.39 is 0 Å². The Balaban J connectivity index is 1.58. The first kappa shape index (κ1) is 16.7. The minimum atomic E-state index is -0.326. The third-order valence-corrected chi connectivity index (χ3v) is 5.00. The lowest BCUT2D eigenvalue weighted by molar-refractivity contribution is -0.0373. The molecule has 2 aliphatic heterocycles. The van der Waals surface area contributed by atoms with Crippen molar-refractivity contribution in [1.29, 1.82) is 0 Å². The molecule has 2 fully saturated rings. The lowest BCUT2D eigenvalue weighted by Crippen LogP contribution is -2.29. The first-order valence-electron chi connectivity index (χ1n) is 9.36. The van der Waals surface area contributed by atoms with Gasteiger partial charge >= 0.3 is 0 Å². The molecular formula is C20H27NO4. The van der Waals surface area contributed by atoms with Gasteiger partial charge in [-0.05, 0) is 63.8 Å². The molecule has 4 rings (SSSR count). The zero-order valence-electron chi connectivity index (χ0n) is 15.0.